The van der Waals surface area contributed by atoms with Crippen molar-refractivity contribution >= 4 is 5.91 Å². The van der Waals surface area contributed by atoms with Gasteiger partial charge >= 0.3 is 5.69 Å². The molecule has 188 valence electrons. The topological polar surface area (TPSA) is 111 Å². The molecule has 1 fully saturated rings. The standard InChI is InChI=1S/C28H29N7O2/c1-2-3-13-25-31-35(26(36)18-20-9-5-4-6-10-20)28(37)34(25)19-21-14-16-22(17-15-21)23-11-7-8-12-24(23)27-29-32-33-30-27/h7-8,11-12,14-17,20H,4-6,9-10,13,18-19H2,1H3,(H,29,30,32,33). The SMILES string of the molecule is CC#CCc1nn(C(=O)CC2CCCCC2)c(=O)n1Cc1ccc(-c2ccccc2-c2nnn[nH]2)cc1. The van der Waals surface area contributed by atoms with Crippen LogP contribution in [0.25, 0.3) is 22.5 Å². The third-order valence-corrected chi connectivity index (χ3v) is 6.92. The molecule has 0 saturated heterocycles. The van der Waals surface area contributed by atoms with E-state index in [1.54, 1.807) is 11.5 Å². The molecule has 1 aliphatic carbocycles. The van der Waals surface area contributed by atoms with Gasteiger partial charge in [-0.2, -0.15) is 0 Å². The Labute approximate surface area is 214 Å². The van der Waals surface area contributed by atoms with E-state index in [9.17, 15) is 9.59 Å². The molecule has 0 bridgehead atoms. The largest absolute Gasteiger partial charge is 0.353 e. The Bertz CT molecular complexity index is 1480. The number of benzene rings is 2. The summed E-state index contributed by atoms with van der Waals surface area (Å²) in [5.41, 5.74) is 3.41. The predicted molar refractivity (Wildman–Crippen MR) is 140 cm³/mol. The number of nitrogens with one attached hydrogen (secondary N) is 1. The van der Waals surface area contributed by atoms with Gasteiger partial charge in [0.25, 0.3) is 5.91 Å². The fourth-order valence-electron chi connectivity index (χ4n) is 4.97. The van der Waals surface area contributed by atoms with Crippen molar-refractivity contribution in [1.29, 1.82) is 0 Å². The molecule has 2 aromatic carbocycles. The molecule has 37 heavy (non-hydrogen) atoms. The number of tetrazole rings is 1. The van der Waals surface area contributed by atoms with E-state index in [0.717, 1.165) is 52.6 Å². The van der Waals surface area contributed by atoms with Gasteiger partial charge < -0.3 is 0 Å². The second-order valence-corrected chi connectivity index (χ2v) is 9.39. The summed E-state index contributed by atoms with van der Waals surface area (Å²) in [5.74, 6) is 7.05. The molecular weight excluding hydrogens is 466 g/mol. The first-order chi connectivity index (χ1) is 18.1. The van der Waals surface area contributed by atoms with Crippen molar-refractivity contribution in [2.24, 2.45) is 5.92 Å². The zero-order valence-electron chi connectivity index (χ0n) is 20.9. The first-order valence-corrected chi connectivity index (χ1v) is 12.7. The smallest absolute Gasteiger partial charge is 0.273 e. The van der Waals surface area contributed by atoms with Crippen LogP contribution in [0.15, 0.2) is 53.3 Å². The molecule has 1 N–H and O–H groups in total. The van der Waals surface area contributed by atoms with Crippen LogP contribution in [0.2, 0.25) is 0 Å². The van der Waals surface area contributed by atoms with Gasteiger partial charge in [-0.1, -0.05) is 73.7 Å². The summed E-state index contributed by atoms with van der Waals surface area (Å²) in [5, 5.41) is 18.6. The molecule has 0 unspecified atom stereocenters. The lowest BCUT2D eigenvalue weighted by Crippen LogP contribution is -2.31. The number of aromatic amines is 1. The van der Waals surface area contributed by atoms with Crippen molar-refractivity contribution < 1.29 is 4.79 Å². The van der Waals surface area contributed by atoms with E-state index in [0.29, 0.717) is 37.0 Å². The number of rotatable bonds is 7. The van der Waals surface area contributed by atoms with E-state index < -0.39 is 5.69 Å². The average molecular weight is 496 g/mol. The summed E-state index contributed by atoms with van der Waals surface area (Å²) in [7, 11) is 0. The highest BCUT2D eigenvalue weighted by Crippen LogP contribution is 2.30. The molecule has 0 radical (unpaired) electrons. The van der Waals surface area contributed by atoms with Crippen LogP contribution in [-0.2, 0) is 13.0 Å². The average Bonchev–Trinajstić information content (AvgIpc) is 3.57. The Balaban J connectivity index is 1.40. The molecule has 0 aliphatic heterocycles. The van der Waals surface area contributed by atoms with Gasteiger partial charge in [0.15, 0.2) is 5.82 Å². The maximum atomic E-state index is 13.3. The number of H-pyrrole nitrogens is 1. The summed E-state index contributed by atoms with van der Waals surface area (Å²) < 4.78 is 2.61. The third-order valence-electron chi connectivity index (χ3n) is 6.92. The maximum Gasteiger partial charge on any atom is 0.353 e. The number of carbonyl (C=O) groups excluding carboxylic acids is 1. The molecule has 0 atom stereocenters. The van der Waals surface area contributed by atoms with Crippen molar-refractivity contribution in [3.63, 3.8) is 0 Å². The van der Waals surface area contributed by atoms with Crippen molar-refractivity contribution in [1.82, 2.24) is 35.0 Å². The van der Waals surface area contributed by atoms with Gasteiger partial charge in [0.1, 0.15) is 5.82 Å². The fraction of sp³-hybridized carbons (Fsp3) is 0.357. The van der Waals surface area contributed by atoms with Crippen LogP contribution in [0.5, 0.6) is 0 Å². The van der Waals surface area contributed by atoms with Gasteiger partial charge in [-0.25, -0.2) is 9.89 Å². The normalized spacial score (nSPS) is 13.8. The summed E-state index contributed by atoms with van der Waals surface area (Å²) in [6.07, 6.45) is 6.27. The first-order valence-electron chi connectivity index (χ1n) is 12.7. The molecule has 1 aliphatic rings. The molecule has 1 saturated carbocycles. The Morgan fingerprint density at radius 1 is 1.05 bits per heavy atom. The van der Waals surface area contributed by atoms with Crippen molar-refractivity contribution in [3.05, 3.63) is 70.4 Å². The van der Waals surface area contributed by atoms with E-state index in [1.807, 2.05) is 48.5 Å². The Morgan fingerprint density at radius 3 is 2.51 bits per heavy atom. The molecule has 5 rings (SSSR count). The molecule has 0 spiro atoms. The van der Waals surface area contributed by atoms with Crippen LogP contribution >= 0.6 is 0 Å². The highest BCUT2D eigenvalue weighted by molar-refractivity contribution is 5.80. The minimum absolute atomic E-state index is 0.227. The van der Waals surface area contributed by atoms with Gasteiger partial charge in [0.2, 0.25) is 0 Å². The van der Waals surface area contributed by atoms with Crippen LogP contribution < -0.4 is 5.69 Å². The van der Waals surface area contributed by atoms with Gasteiger partial charge in [0, 0.05) is 12.0 Å². The van der Waals surface area contributed by atoms with Crippen LogP contribution in [0, 0.1) is 17.8 Å². The third kappa shape index (κ3) is 5.43. The lowest BCUT2D eigenvalue weighted by molar-refractivity contribution is 0.0846. The highest BCUT2D eigenvalue weighted by atomic mass is 16.2. The molecule has 2 aromatic heterocycles. The molecule has 9 heteroatoms. The molecule has 2 heterocycles. The first kappa shape index (κ1) is 24.4. The van der Waals surface area contributed by atoms with Gasteiger partial charge in [0.05, 0.1) is 13.0 Å². The molecular formula is C28H29N7O2. The second-order valence-electron chi connectivity index (χ2n) is 9.39. The number of aromatic nitrogens is 7. The van der Waals surface area contributed by atoms with E-state index in [-0.39, 0.29) is 5.91 Å². The summed E-state index contributed by atoms with van der Waals surface area (Å²) in [6.45, 7) is 2.06. The molecule has 4 aromatic rings. The van der Waals surface area contributed by atoms with Crippen molar-refractivity contribution in [2.45, 2.75) is 58.4 Å². The van der Waals surface area contributed by atoms with Crippen molar-refractivity contribution in [2.75, 3.05) is 0 Å². The highest BCUT2D eigenvalue weighted by Gasteiger charge is 2.23. The predicted octanol–water partition coefficient (Wildman–Crippen LogP) is 4.12. The number of hydrogen-bond acceptors (Lipinski definition) is 6. The Kier molecular flexibility index (Phi) is 7.36. The van der Waals surface area contributed by atoms with Crippen LogP contribution in [-0.4, -0.2) is 40.9 Å². The number of carbonyl (C=O) groups is 1. The summed E-state index contributed by atoms with van der Waals surface area (Å²) >= 11 is 0. The fourth-order valence-corrected chi connectivity index (χ4v) is 4.97. The Morgan fingerprint density at radius 2 is 1.81 bits per heavy atom. The molecule has 9 nitrogen and oxygen atoms in total. The lowest BCUT2D eigenvalue weighted by Gasteiger charge is -2.20. The lowest BCUT2D eigenvalue weighted by atomic mass is 9.87. The van der Waals surface area contributed by atoms with Crippen LogP contribution in [0.3, 0.4) is 0 Å². The van der Waals surface area contributed by atoms with E-state index in [2.05, 4.69) is 37.6 Å². The minimum Gasteiger partial charge on any atom is -0.273 e. The second kappa shape index (κ2) is 11.2. The number of nitrogens with zero attached hydrogens (tertiary/aromatic N) is 6. The van der Waals surface area contributed by atoms with Crippen LogP contribution in [0.4, 0.5) is 0 Å². The monoisotopic (exact) mass is 495 g/mol. The van der Waals surface area contributed by atoms with Crippen molar-refractivity contribution in [3.8, 4) is 34.4 Å². The molecule has 0 amide bonds. The van der Waals surface area contributed by atoms with E-state index in [4.69, 9.17) is 0 Å². The summed E-state index contributed by atoms with van der Waals surface area (Å²) in [4.78, 5) is 26.3. The zero-order chi connectivity index (χ0) is 25.6. The van der Waals surface area contributed by atoms with Gasteiger partial charge in [-0.3, -0.25) is 9.36 Å². The van der Waals surface area contributed by atoms with Crippen LogP contribution in [0.1, 0.15) is 61.6 Å². The zero-order valence-corrected chi connectivity index (χ0v) is 20.9. The van der Waals surface area contributed by atoms with Gasteiger partial charge in [-0.05, 0) is 52.8 Å². The van der Waals surface area contributed by atoms with E-state index in [1.165, 1.54) is 6.42 Å². The van der Waals surface area contributed by atoms with Gasteiger partial charge in [-0.15, -0.1) is 20.8 Å². The minimum atomic E-state index is -0.402. The summed E-state index contributed by atoms with van der Waals surface area (Å²) in [6, 6.07) is 15.9. The Hall–Kier alpha value is -4.32. The van der Waals surface area contributed by atoms with E-state index >= 15 is 0 Å². The quantitative estimate of drug-likeness (QED) is 0.386. The number of hydrogen-bond donors (Lipinski definition) is 1. The maximum absolute atomic E-state index is 13.3.